The van der Waals surface area contributed by atoms with Crippen molar-refractivity contribution in [3.05, 3.63) is 334 Å². The van der Waals surface area contributed by atoms with Crippen molar-refractivity contribution in [3.63, 3.8) is 0 Å². The molecular formula is C76H88O9Si9. The minimum Gasteiger partial charge on any atom is -0.417 e. The van der Waals surface area contributed by atoms with Crippen molar-refractivity contribution in [2.75, 3.05) is 0 Å². The Labute approximate surface area is 567 Å². The fourth-order valence-electron chi connectivity index (χ4n) is 12.1. The van der Waals surface area contributed by atoms with Gasteiger partial charge in [0.2, 0.25) is 16.6 Å². The largest absolute Gasteiger partial charge is 0.514 e. The predicted octanol–water partition coefficient (Wildman–Crippen LogP) is 9.80. The molecule has 9 nitrogen and oxygen atoms in total. The van der Waals surface area contributed by atoms with E-state index in [1.165, 1.54) is 0 Å². The van der Waals surface area contributed by atoms with Crippen molar-refractivity contribution >= 4 is 133 Å². The van der Waals surface area contributed by atoms with E-state index < -0.39 is 76.3 Å². The van der Waals surface area contributed by atoms with Gasteiger partial charge in [0, 0.05) is 18.3 Å². The normalized spacial score (nSPS) is 12.6. The highest BCUT2D eigenvalue weighted by Crippen LogP contribution is 2.25. The average Bonchev–Trinajstić information content (AvgIpc) is 0.730. The van der Waals surface area contributed by atoms with Crippen molar-refractivity contribution in [3.8, 4) is 0 Å². The summed E-state index contributed by atoms with van der Waals surface area (Å²) in [4.78, 5) is 35.4. The van der Waals surface area contributed by atoms with Crippen LogP contribution in [0.3, 0.4) is 0 Å². The van der Waals surface area contributed by atoms with Gasteiger partial charge >= 0.3 is 26.4 Å². The Morgan fingerprint density at radius 3 is 0.500 bits per heavy atom. The zero-order chi connectivity index (χ0) is 67.0. The molecule has 11 rings (SSSR count). The molecule has 0 fully saturated rings. The molecule has 0 bridgehead atoms. The Kier molecular flexibility index (Phi) is 23.7. The molecule has 0 radical (unpaired) electrons. The van der Waals surface area contributed by atoms with Crippen LogP contribution < -0.4 is 57.1 Å². The zero-order valence-corrected chi connectivity index (χ0v) is 64.5. The highest BCUT2D eigenvalue weighted by atomic mass is 28.5. The summed E-state index contributed by atoms with van der Waals surface area (Å²) in [6.45, 7) is 20.1. The molecule has 0 spiro atoms. The van der Waals surface area contributed by atoms with Crippen LogP contribution in [-0.4, -0.2) is 90.7 Å². The summed E-state index contributed by atoms with van der Waals surface area (Å²) in [5, 5.41) is 11.2. The van der Waals surface area contributed by atoms with Gasteiger partial charge in [-0.1, -0.05) is 334 Å². The lowest BCUT2D eigenvalue weighted by atomic mass is 10.3. The molecule has 482 valence electrons. The second-order valence-electron chi connectivity index (χ2n) is 25.7. The molecule has 0 aliphatic heterocycles. The highest BCUT2D eigenvalue weighted by molar-refractivity contribution is 7.14. The van der Waals surface area contributed by atoms with Crippen LogP contribution in [0.15, 0.2) is 334 Å². The first-order chi connectivity index (χ1) is 44.9. The molecule has 0 aliphatic carbocycles. The van der Waals surface area contributed by atoms with E-state index in [1.807, 2.05) is 212 Å². The van der Waals surface area contributed by atoms with E-state index in [4.69, 9.17) is 24.7 Å². The van der Waals surface area contributed by atoms with Crippen molar-refractivity contribution in [1.82, 2.24) is 0 Å². The molecule has 0 amide bonds. The van der Waals surface area contributed by atoms with Crippen molar-refractivity contribution in [2.45, 2.75) is 65.5 Å². The van der Waals surface area contributed by atoms with Gasteiger partial charge in [0.05, 0.1) is 0 Å². The van der Waals surface area contributed by atoms with E-state index in [9.17, 15) is 14.4 Å². The van der Waals surface area contributed by atoms with E-state index in [-0.39, 0.29) is 0 Å². The van der Waals surface area contributed by atoms with Gasteiger partial charge in [-0.3, -0.25) is 0 Å². The molecule has 11 aromatic carbocycles. The van der Waals surface area contributed by atoms with E-state index in [0.717, 1.165) is 51.9 Å². The average molecular weight is 1400 g/mol. The molecule has 0 heterocycles. The highest BCUT2D eigenvalue weighted by Gasteiger charge is 2.58. The van der Waals surface area contributed by atoms with Gasteiger partial charge in [-0.05, 0) is 104 Å². The maximum absolute atomic E-state index is 13.7. The van der Waals surface area contributed by atoms with Gasteiger partial charge in [-0.15, -0.1) is 0 Å². The van der Waals surface area contributed by atoms with Crippen LogP contribution in [0.25, 0.3) is 0 Å². The molecular weight excluding hydrogens is 1310 g/mol. The topological polar surface area (TPSA) is 116 Å². The van der Waals surface area contributed by atoms with Gasteiger partial charge in [0.15, 0.2) is 16.6 Å². The summed E-state index contributed by atoms with van der Waals surface area (Å²) < 4.78 is 40.3. The molecule has 0 saturated carbocycles. The van der Waals surface area contributed by atoms with Gasteiger partial charge in [-0.25, -0.2) is 0 Å². The Balaban J connectivity index is 0.000000195. The number of rotatable bonds is 23. The van der Waals surface area contributed by atoms with Crippen molar-refractivity contribution in [2.24, 2.45) is 0 Å². The lowest BCUT2D eigenvalue weighted by molar-refractivity contribution is 0.254. The summed E-state index contributed by atoms with van der Waals surface area (Å²) >= 11 is 0. The Hall–Kier alpha value is -6.99. The fraction of sp³-hybridized carbons (Fsp3) is 0.132. The van der Waals surface area contributed by atoms with Crippen LogP contribution in [0.5, 0.6) is 0 Å². The van der Waals surface area contributed by atoms with Crippen molar-refractivity contribution < 1.29 is 39.1 Å². The maximum atomic E-state index is 13.7. The molecule has 0 atom stereocenters. The van der Waals surface area contributed by atoms with Crippen LogP contribution in [0.1, 0.15) is 0 Å². The SMILES string of the molecule is C[Si](C)(C)O[Si](C)(O)O[Si](C)(C)C.C[Si](O)(O[Si](C)(c1ccccc1)c1ccccc1)O[Si](C)(c1ccccc1)c1ccccc1.O[Si](O[Si](c1ccccc1)(c1ccccc1)c1ccccc1)(O[Si](c1ccccc1)(c1ccccc1)c1ccccc1)c1ccccc1. The van der Waals surface area contributed by atoms with Crippen molar-refractivity contribution in [1.29, 1.82) is 0 Å². The summed E-state index contributed by atoms with van der Waals surface area (Å²) in [7, 11) is -26.5. The van der Waals surface area contributed by atoms with Gasteiger partial charge < -0.3 is 39.1 Å². The third-order valence-electron chi connectivity index (χ3n) is 15.9. The first-order valence-electron chi connectivity index (χ1n) is 31.9. The summed E-state index contributed by atoms with van der Waals surface area (Å²) in [5.41, 5.74) is 0. The monoisotopic (exact) mass is 1400 g/mol. The minimum absolute atomic E-state index is 0.657. The second-order valence-corrected chi connectivity index (χ2v) is 57.0. The zero-order valence-electron chi connectivity index (χ0n) is 55.5. The second kappa shape index (κ2) is 31.3. The fourth-order valence-corrected chi connectivity index (χ4v) is 48.4. The molecule has 0 aliphatic rings. The maximum Gasteiger partial charge on any atom is 0.514 e. The third kappa shape index (κ3) is 17.9. The predicted molar refractivity (Wildman–Crippen MR) is 410 cm³/mol. The summed E-state index contributed by atoms with van der Waals surface area (Å²) in [6.07, 6.45) is 0. The van der Waals surface area contributed by atoms with Gasteiger partial charge in [0.1, 0.15) is 0 Å². The van der Waals surface area contributed by atoms with Crippen LogP contribution in [0.2, 0.25) is 65.5 Å². The Morgan fingerprint density at radius 1 is 0.181 bits per heavy atom. The lowest BCUT2D eigenvalue weighted by Gasteiger charge is -2.44. The first kappa shape index (κ1) is 71.3. The van der Waals surface area contributed by atoms with E-state index in [1.54, 1.807) is 13.1 Å². The van der Waals surface area contributed by atoms with Crippen LogP contribution in [-0.2, 0) is 24.7 Å². The molecule has 18 heteroatoms. The molecule has 94 heavy (non-hydrogen) atoms. The molecule has 11 aromatic rings. The third-order valence-corrected chi connectivity index (χ3v) is 48.4. The molecule has 0 aromatic heterocycles. The number of hydrogen-bond acceptors (Lipinski definition) is 9. The van der Waals surface area contributed by atoms with E-state index in [2.05, 4.69) is 174 Å². The molecule has 3 N–H and O–H groups in total. The quantitative estimate of drug-likeness (QED) is 0.0426. The van der Waals surface area contributed by atoms with E-state index >= 15 is 0 Å². The molecule has 0 unspecified atom stereocenters. The summed E-state index contributed by atoms with van der Waals surface area (Å²) in [5.74, 6) is 0. The number of benzene rings is 11. The number of hydrogen-bond donors (Lipinski definition) is 3. The minimum atomic E-state index is -4.37. The standard InChI is InChI=1S/C42H36O3Si3.C27H30O3Si3.C7H22O3Si3/c43-48(42-34-20-7-21-35-42,44-46(36-22-8-1-9-23-36,37-24-10-2-11-25-37)38-26-12-3-13-27-38)45-47(39-28-14-4-15-29-39,40-30-16-5-17-31-40)41-32-18-6-19-33-41;1-31(24-16-8-4-9-17-24,25-18-10-5-11-19-25)29-33(3,28)30-32(2,26-20-12-6-13-21-26)27-22-14-7-15-23-27;1-11(2,3)9-13(7,8)10-12(4,5)6/h1-35,43H;4-23,28H,1-3H3;8H,1-7H3. The van der Waals surface area contributed by atoms with E-state index in [0.29, 0.717) is 5.19 Å². The first-order valence-corrected chi connectivity index (χ1v) is 53.6. The Morgan fingerprint density at radius 2 is 0.330 bits per heavy atom. The van der Waals surface area contributed by atoms with Crippen LogP contribution in [0.4, 0.5) is 0 Å². The van der Waals surface area contributed by atoms with Crippen LogP contribution in [0, 0.1) is 0 Å². The lowest BCUT2D eigenvalue weighted by Crippen LogP contribution is -2.80. The molecule has 0 saturated heterocycles. The summed E-state index contributed by atoms with van der Waals surface area (Å²) in [6, 6.07) is 113. The smallest absolute Gasteiger partial charge is 0.417 e. The van der Waals surface area contributed by atoms with Gasteiger partial charge in [-0.2, -0.15) is 0 Å². The van der Waals surface area contributed by atoms with Gasteiger partial charge in [0.25, 0.3) is 16.6 Å². The van der Waals surface area contributed by atoms with Crippen LogP contribution >= 0.6 is 0 Å². The Bertz CT molecular complexity index is 3510.